The van der Waals surface area contributed by atoms with E-state index < -0.39 is 0 Å². The molecule has 0 aromatic rings. The van der Waals surface area contributed by atoms with Crippen LogP contribution in [-0.4, -0.2) is 6.21 Å². The van der Waals surface area contributed by atoms with Gasteiger partial charge in [0.15, 0.2) is 0 Å². The molecule has 0 aromatic heterocycles. The zero-order chi connectivity index (χ0) is 10.9. The summed E-state index contributed by atoms with van der Waals surface area (Å²) < 4.78 is 0. The van der Waals surface area contributed by atoms with Crippen molar-refractivity contribution in [1.29, 1.82) is 0 Å². The van der Waals surface area contributed by atoms with Crippen molar-refractivity contribution in [3.63, 3.8) is 0 Å². The van der Waals surface area contributed by atoms with Crippen LogP contribution in [0.4, 0.5) is 0 Å². The van der Waals surface area contributed by atoms with Crippen LogP contribution in [-0.2, 0) is 0 Å². The van der Waals surface area contributed by atoms with Gasteiger partial charge in [0.25, 0.3) is 0 Å². The fourth-order valence-electron chi connectivity index (χ4n) is 0.908. The van der Waals surface area contributed by atoms with Gasteiger partial charge in [-0.05, 0) is 25.2 Å². The largest absolute Gasteiger partial charge is 0.269 e. The summed E-state index contributed by atoms with van der Waals surface area (Å²) in [7, 11) is 0. The van der Waals surface area contributed by atoms with E-state index in [1.165, 1.54) is 6.42 Å². The number of nitrogens with zero attached hydrogens (tertiary/aromatic N) is 1. The van der Waals surface area contributed by atoms with Crippen LogP contribution in [0.3, 0.4) is 0 Å². The Balaban J connectivity index is 3.53. The summed E-state index contributed by atoms with van der Waals surface area (Å²) in [5.41, 5.74) is 0.406. The molecule has 0 N–H and O–H groups in total. The van der Waals surface area contributed by atoms with E-state index in [2.05, 4.69) is 37.6 Å². The van der Waals surface area contributed by atoms with Crippen LogP contribution in [0.1, 0.15) is 47.0 Å². The minimum absolute atomic E-state index is 0.406. The van der Waals surface area contributed by atoms with Crippen LogP contribution < -0.4 is 0 Å². The first kappa shape index (κ1) is 13.0. The molecule has 0 radical (unpaired) electrons. The second-order valence-corrected chi connectivity index (χ2v) is 4.45. The highest BCUT2D eigenvalue weighted by Gasteiger charge is 2.07. The zero-order valence-corrected chi connectivity index (χ0v) is 9.80. The summed E-state index contributed by atoms with van der Waals surface area (Å²) in [6, 6.07) is 0. The molecule has 0 aromatic carbocycles. The first-order valence-corrected chi connectivity index (χ1v) is 5.12. The van der Waals surface area contributed by atoms with Crippen LogP contribution in [0.5, 0.6) is 0 Å². The van der Waals surface area contributed by atoms with E-state index in [4.69, 9.17) is 0 Å². The molecule has 0 rings (SSSR count). The Hall–Kier alpha value is -1.03. The molecule has 0 atom stereocenters. The Labute approximate surface area is 88.3 Å². The highest BCUT2D eigenvalue weighted by Crippen LogP contribution is 2.19. The summed E-state index contributed by atoms with van der Waals surface area (Å²) in [5.74, 6) is 5.79. The molecule has 0 saturated heterocycles. The number of aliphatic imine (C=N–C) groups is 1. The molecule has 0 aliphatic carbocycles. The molecule has 78 valence electrons. The van der Waals surface area contributed by atoms with Gasteiger partial charge in [0, 0.05) is 18.8 Å². The molecule has 1 nitrogen and oxygen atoms in total. The Morgan fingerprint density at radius 2 is 2.00 bits per heavy atom. The van der Waals surface area contributed by atoms with Gasteiger partial charge in [0.2, 0.25) is 0 Å². The van der Waals surface area contributed by atoms with Gasteiger partial charge in [-0.2, -0.15) is 0 Å². The van der Waals surface area contributed by atoms with Crippen molar-refractivity contribution >= 4 is 6.21 Å². The number of rotatable bonds is 4. The molecule has 14 heavy (non-hydrogen) atoms. The van der Waals surface area contributed by atoms with Gasteiger partial charge in [-0.25, -0.2) is 0 Å². The third-order valence-electron chi connectivity index (χ3n) is 1.72. The smallest absolute Gasteiger partial charge is 0.0287 e. The maximum absolute atomic E-state index is 4.17. The van der Waals surface area contributed by atoms with Crippen LogP contribution in [0.15, 0.2) is 17.3 Å². The molecule has 0 spiro atoms. The summed E-state index contributed by atoms with van der Waals surface area (Å²) in [6.45, 7) is 8.58. The minimum atomic E-state index is 0.406. The quantitative estimate of drug-likeness (QED) is 0.473. The highest BCUT2D eigenvalue weighted by atomic mass is 14.7. The van der Waals surface area contributed by atoms with Gasteiger partial charge in [0.1, 0.15) is 0 Å². The maximum Gasteiger partial charge on any atom is 0.0287 e. The third-order valence-corrected chi connectivity index (χ3v) is 1.72. The van der Waals surface area contributed by atoms with Gasteiger partial charge in [-0.1, -0.05) is 32.8 Å². The predicted molar refractivity (Wildman–Crippen MR) is 64.4 cm³/mol. The zero-order valence-electron chi connectivity index (χ0n) is 9.80. The Kier molecular flexibility index (Phi) is 6.84. The van der Waals surface area contributed by atoms with E-state index in [0.29, 0.717) is 5.41 Å². The van der Waals surface area contributed by atoms with Crippen LogP contribution in [0.2, 0.25) is 0 Å². The standard InChI is InChI=1S/C13H21N/c1-5-6-7-8-11-14-12-9-10-13(2,3)4/h8,11-12H,7,9-10H2,1-4H3/b11-8-,14-12-. The van der Waals surface area contributed by atoms with Crippen molar-refractivity contribution in [2.75, 3.05) is 0 Å². The van der Waals surface area contributed by atoms with Crippen molar-refractivity contribution in [3.8, 4) is 11.8 Å². The van der Waals surface area contributed by atoms with E-state index in [1.807, 2.05) is 25.4 Å². The van der Waals surface area contributed by atoms with Crippen LogP contribution >= 0.6 is 0 Å². The van der Waals surface area contributed by atoms with Crippen molar-refractivity contribution in [2.45, 2.75) is 47.0 Å². The number of allylic oxidation sites excluding steroid dienone is 1. The molecule has 0 unspecified atom stereocenters. The molecule has 0 saturated carbocycles. The lowest BCUT2D eigenvalue weighted by atomic mass is 9.91. The van der Waals surface area contributed by atoms with Gasteiger partial charge in [-0.15, -0.1) is 5.92 Å². The summed E-state index contributed by atoms with van der Waals surface area (Å²) in [6.07, 6.45) is 8.80. The van der Waals surface area contributed by atoms with Gasteiger partial charge < -0.3 is 0 Å². The molecule has 0 fully saturated rings. The molecule has 0 amide bonds. The number of hydrogen-bond donors (Lipinski definition) is 0. The van der Waals surface area contributed by atoms with Gasteiger partial charge >= 0.3 is 0 Å². The van der Waals surface area contributed by atoms with E-state index in [1.54, 1.807) is 0 Å². The Bertz CT molecular complexity index is 243. The maximum atomic E-state index is 4.17. The average molecular weight is 191 g/mol. The summed E-state index contributed by atoms with van der Waals surface area (Å²) in [4.78, 5) is 4.17. The summed E-state index contributed by atoms with van der Waals surface area (Å²) in [5, 5.41) is 0. The van der Waals surface area contributed by atoms with Crippen molar-refractivity contribution in [3.05, 3.63) is 12.3 Å². The van der Waals surface area contributed by atoms with Crippen LogP contribution in [0, 0.1) is 17.3 Å². The molecule has 0 heterocycles. The minimum Gasteiger partial charge on any atom is -0.269 e. The lowest BCUT2D eigenvalue weighted by molar-refractivity contribution is 0.387. The molecule has 0 bridgehead atoms. The van der Waals surface area contributed by atoms with E-state index in [9.17, 15) is 0 Å². The van der Waals surface area contributed by atoms with Gasteiger partial charge in [-0.3, -0.25) is 4.99 Å². The topological polar surface area (TPSA) is 12.4 Å². The Morgan fingerprint density at radius 3 is 2.57 bits per heavy atom. The molecule has 0 aliphatic rings. The Morgan fingerprint density at radius 1 is 1.29 bits per heavy atom. The van der Waals surface area contributed by atoms with E-state index in [0.717, 1.165) is 12.8 Å². The second-order valence-electron chi connectivity index (χ2n) is 4.45. The second kappa shape index (κ2) is 7.38. The van der Waals surface area contributed by atoms with Crippen LogP contribution in [0.25, 0.3) is 0 Å². The first-order chi connectivity index (χ1) is 6.56. The molecule has 0 aliphatic heterocycles. The van der Waals surface area contributed by atoms with E-state index in [-0.39, 0.29) is 0 Å². The lowest BCUT2D eigenvalue weighted by Gasteiger charge is -2.15. The lowest BCUT2D eigenvalue weighted by Crippen LogP contribution is -2.04. The monoisotopic (exact) mass is 191 g/mol. The van der Waals surface area contributed by atoms with Crippen molar-refractivity contribution in [1.82, 2.24) is 0 Å². The predicted octanol–water partition coefficient (Wildman–Crippen LogP) is 3.81. The fourth-order valence-corrected chi connectivity index (χ4v) is 0.908. The average Bonchev–Trinajstić information content (AvgIpc) is 2.08. The van der Waals surface area contributed by atoms with E-state index >= 15 is 0 Å². The molecular weight excluding hydrogens is 170 g/mol. The summed E-state index contributed by atoms with van der Waals surface area (Å²) >= 11 is 0. The first-order valence-electron chi connectivity index (χ1n) is 5.12. The number of hydrogen-bond acceptors (Lipinski definition) is 1. The molecular formula is C13H21N. The SMILES string of the molecule is CC#CC/C=C\N=C/CCC(C)(C)C. The normalized spacial score (nSPS) is 12.0. The highest BCUT2D eigenvalue weighted by molar-refractivity contribution is 5.57. The van der Waals surface area contributed by atoms with Gasteiger partial charge in [0.05, 0.1) is 0 Å². The van der Waals surface area contributed by atoms with Crippen molar-refractivity contribution in [2.24, 2.45) is 10.4 Å². The fraction of sp³-hybridized carbons (Fsp3) is 0.615. The third kappa shape index (κ3) is 11.0. The molecule has 1 heteroatoms. The van der Waals surface area contributed by atoms with Crippen molar-refractivity contribution < 1.29 is 0 Å².